The molecule has 1 saturated heterocycles. The normalized spacial score (nSPS) is 16.2. The number of nitrogens with zero attached hydrogens (tertiary/aromatic N) is 2. The highest BCUT2D eigenvalue weighted by atomic mass is 79.9. The third-order valence-electron chi connectivity index (χ3n) is 2.53. The van der Waals surface area contributed by atoms with Gasteiger partial charge in [-0.3, -0.25) is 4.79 Å². The van der Waals surface area contributed by atoms with Crippen molar-refractivity contribution < 1.29 is 9.53 Å². The Kier molecular flexibility index (Phi) is 3.56. The average molecular weight is 285 g/mol. The van der Waals surface area contributed by atoms with Crippen molar-refractivity contribution in [2.75, 3.05) is 31.2 Å². The van der Waals surface area contributed by atoms with Crippen LogP contribution < -0.4 is 4.90 Å². The second-order valence-electron chi connectivity index (χ2n) is 3.66. The van der Waals surface area contributed by atoms with Crippen LogP contribution in [0, 0.1) is 0 Å². The molecule has 2 heterocycles. The SMILES string of the molecule is CC(=O)c1nc(Br)ccc1N1CCOCC1. The summed E-state index contributed by atoms with van der Waals surface area (Å²) in [4.78, 5) is 17.9. The molecule has 1 aromatic rings. The molecule has 2 rings (SSSR count). The molecule has 0 spiro atoms. The Hall–Kier alpha value is -0.940. The van der Waals surface area contributed by atoms with E-state index >= 15 is 0 Å². The van der Waals surface area contributed by atoms with Crippen molar-refractivity contribution in [2.45, 2.75) is 6.92 Å². The lowest BCUT2D eigenvalue weighted by atomic mass is 10.2. The molecule has 0 radical (unpaired) electrons. The fourth-order valence-electron chi connectivity index (χ4n) is 1.75. The number of Topliss-reactive ketones (excluding diaryl/α,β-unsaturated/α-hetero) is 1. The Morgan fingerprint density at radius 2 is 2.12 bits per heavy atom. The summed E-state index contributed by atoms with van der Waals surface area (Å²) in [5.74, 6) is -0.0113. The molecular weight excluding hydrogens is 272 g/mol. The summed E-state index contributed by atoms with van der Waals surface area (Å²) >= 11 is 3.28. The third kappa shape index (κ3) is 2.41. The fraction of sp³-hybridized carbons (Fsp3) is 0.455. The number of aromatic nitrogens is 1. The highest BCUT2D eigenvalue weighted by molar-refractivity contribution is 9.10. The van der Waals surface area contributed by atoms with Crippen LogP contribution in [0.25, 0.3) is 0 Å². The smallest absolute Gasteiger partial charge is 0.180 e. The van der Waals surface area contributed by atoms with Crippen LogP contribution in [-0.4, -0.2) is 37.1 Å². The molecule has 0 bridgehead atoms. The van der Waals surface area contributed by atoms with E-state index in [9.17, 15) is 4.79 Å². The van der Waals surface area contributed by atoms with Gasteiger partial charge < -0.3 is 9.64 Å². The topological polar surface area (TPSA) is 42.4 Å². The average Bonchev–Trinajstić information content (AvgIpc) is 2.30. The highest BCUT2D eigenvalue weighted by Crippen LogP contribution is 2.22. The molecule has 4 nitrogen and oxygen atoms in total. The van der Waals surface area contributed by atoms with Crippen LogP contribution in [0.15, 0.2) is 16.7 Å². The molecule has 86 valence electrons. The number of carbonyl (C=O) groups is 1. The van der Waals surface area contributed by atoms with Gasteiger partial charge in [-0.25, -0.2) is 4.98 Å². The van der Waals surface area contributed by atoms with Gasteiger partial charge >= 0.3 is 0 Å². The molecule has 0 aromatic carbocycles. The van der Waals surface area contributed by atoms with Gasteiger partial charge in [-0.2, -0.15) is 0 Å². The van der Waals surface area contributed by atoms with Gasteiger partial charge in [0.1, 0.15) is 10.3 Å². The first-order chi connectivity index (χ1) is 7.68. The van der Waals surface area contributed by atoms with Gasteiger partial charge in [0.05, 0.1) is 18.9 Å². The van der Waals surface area contributed by atoms with Crippen molar-refractivity contribution in [1.82, 2.24) is 4.98 Å². The van der Waals surface area contributed by atoms with E-state index in [4.69, 9.17) is 4.74 Å². The minimum atomic E-state index is -0.0113. The number of ketones is 1. The molecule has 5 heteroatoms. The fourth-order valence-corrected chi connectivity index (χ4v) is 2.06. The Bertz CT molecular complexity index is 403. The van der Waals surface area contributed by atoms with Crippen LogP contribution >= 0.6 is 15.9 Å². The van der Waals surface area contributed by atoms with Gasteiger partial charge in [0, 0.05) is 20.0 Å². The molecule has 1 aromatic heterocycles. The lowest BCUT2D eigenvalue weighted by Crippen LogP contribution is -2.37. The summed E-state index contributed by atoms with van der Waals surface area (Å²) in [5.41, 5.74) is 1.43. The summed E-state index contributed by atoms with van der Waals surface area (Å²) in [5, 5.41) is 0. The molecule has 0 N–H and O–H groups in total. The predicted molar refractivity (Wildman–Crippen MR) is 65.0 cm³/mol. The summed E-state index contributed by atoms with van der Waals surface area (Å²) < 4.78 is 5.98. The maximum atomic E-state index is 11.5. The molecular formula is C11H13BrN2O2. The first-order valence-electron chi connectivity index (χ1n) is 5.18. The molecule has 0 aliphatic carbocycles. The number of carbonyl (C=O) groups excluding carboxylic acids is 1. The summed E-state index contributed by atoms with van der Waals surface area (Å²) in [7, 11) is 0. The van der Waals surface area contributed by atoms with Gasteiger partial charge in [-0.05, 0) is 28.1 Å². The predicted octanol–water partition coefficient (Wildman–Crippen LogP) is 1.88. The number of rotatable bonds is 2. The molecule has 1 aliphatic rings. The monoisotopic (exact) mass is 284 g/mol. The number of halogens is 1. The quantitative estimate of drug-likeness (QED) is 0.614. The lowest BCUT2D eigenvalue weighted by molar-refractivity contribution is 0.101. The summed E-state index contributed by atoms with van der Waals surface area (Å²) in [6.45, 7) is 4.56. The molecule has 1 aliphatic heterocycles. The van der Waals surface area contributed by atoms with Crippen molar-refractivity contribution >= 4 is 27.4 Å². The van der Waals surface area contributed by atoms with Gasteiger partial charge in [0.2, 0.25) is 0 Å². The molecule has 1 fully saturated rings. The van der Waals surface area contributed by atoms with Crippen LogP contribution in [0.1, 0.15) is 17.4 Å². The lowest BCUT2D eigenvalue weighted by Gasteiger charge is -2.29. The minimum Gasteiger partial charge on any atom is -0.378 e. The molecule has 0 amide bonds. The zero-order valence-electron chi connectivity index (χ0n) is 9.07. The van der Waals surface area contributed by atoms with Gasteiger partial charge in [-0.1, -0.05) is 0 Å². The minimum absolute atomic E-state index is 0.0113. The van der Waals surface area contributed by atoms with E-state index in [1.54, 1.807) is 6.92 Å². The Morgan fingerprint density at radius 1 is 1.44 bits per heavy atom. The molecule has 0 saturated carbocycles. The second kappa shape index (κ2) is 4.93. The van der Waals surface area contributed by atoms with E-state index < -0.39 is 0 Å². The largest absolute Gasteiger partial charge is 0.378 e. The van der Waals surface area contributed by atoms with Crippen LogP contribution in [0.5, 0.6) is 0 Å². The zero-order chi connectivity index (χ0) is 11.5. The third-order valence-corrected chi connectivity index (χ3v) is 2.97. The molecule has 0 atom stereocenters. The summed E-state index contributed by atoms with van der Waals surface area (Å²) in [6.07, 6.45) is 0. The number of pyridine rings is 1. The Balaban J connectivity index is 2.34. The van der Waals surface area contributed by atoms with E-state index in [-0.39, 0.29) is 5.78 Å². The number of ether oxygens (including phenoxy) is 1. The van der Waals surface area contributed by atoms with Crippen LogP contribution in [0.3, 0.4) is 0 Å². The molecule has 0 unspecified atom stereocenters. The van der Waals surface area contributed by atoms with Crippen LogP contribution in [0.2, 0.25) is 0 Å². The number of anilines is 1. The van der Waals surface area contributed by atoms with Crippen LogP contribution in [-0.2, 0) is 4.74 Å². The molecule has 16 heavy (non-hydrogen) atoms. The number of hydrogen-bond acceptors (Lipinski definition) is 4. The Morgan fingerprint density at radius 3 is 2.75 bits per heavy atom. The van der Waals surface area contributed by atoms with E-state index in [1.165, 1.54) is 0 Å². The standard InChI is InChI=1S/C11H13BrN2O2/c1-8(15)11-9(2-3-10(12)13-11)14-4-6-16-7-5-14/h2-3H,4-7H2,1H3. The van der Waals surface area contributed by atoms with E-state index in [2.05, 4.69) is 25.8 Å². The van der Waals surface area contributed by atoms with Crippen molar-refractivity contribution in [3.63, 3.8) is 0 Å². The van der Waals surface area contributed by atoms with Crippen molar-refractivity contribution in [2.24, 2.45) is 0 Å². The van der Waals surface area contributed by atoms with Crippen LogP contribution in [0.4, 0.5) is 5.69 Å². The van der Waals surface area contributed by atoms with E-state index in [0.717, 1.165) is 18.8 Å². The van der Waals surface area contributed by atoms with Crippen molar-refractivity contribution in [1.29, 1.82) is 0 Å². The van der Waals surface area contributed by atoms with E-state index in [0.29, 0.717) is 23.5 Å². The van der Waals surface area contributed by atoms with Crippen molar-refractivity contribution in [3.05, 3.63) is 22.4 Å². The van der Waals surface area contributed by atoms with Gasteiger partial charge in [-0.15, -0.1) is 0 Å². The number of morpholine rings is 1. The maximum absolute atomic E-state index is 11.5. The van der Waals surface area contributed by atoms with Crippen molar-refractivity contribution in [3.8, 4) is 0 Å². The maximum Gasteiger partial charge on any atom is 0.180 e. The van der Waals surface area contributed by atoms with Gasteiger partial charge in [0.25, 0.3) is 0 Å². The number of hydrogen-bond donors (Lipinski definition) is 0. The highest BCUT2D eigenvalue weighted by Gasteiger charge is 2.18. The zero-order valence-corrected chi connectivity index (χ0v) is 10.7. The first-order valence-corrected chi connectivity index (χ1v) is 5.98. The summed E-state index contributed by atoms with van der Waals surface area (Å²) in [6, 6.07) is 3.79. The first kappa shape index (κ1) is 11.5. The van der Waals surface area contributed by atoms with E-state index in [1.807, 2.05) is 12.1 Å². The second-order valence-corrected chi connectivity index (χ2v) is 4.47. The Labute approximate surface area is 103 Å². The van der Waals surface area contributed by atoms with Gasteiger partial charge in [0.15, 0.2) is 5.78 Å².